The highest BCUT2D eigenvalue weighted by molar-refractivity contribution is 5.91. The van der Waals surface area contributed by atoms with E-state index < -0.39 is 10.9 Å². The summed E-state index contributed by atoms with van der Waals surface area (Å²) >= 11 is 0. The van der Waals surface area contributed by atoms with Crippen molar-refractivity contribution in [3.63, 3.8) is 0 Å². The number of hydrogen-bond donors (Lipinski definition) is 0. The third kappa shape index (κ3) is 6.87. The summed E-state index contributed by atoms with van der Waals surface area (Å²) in [5.74, 6) is 0.0564. The maximum Gasteiger partial charge on any atom is 0.343 e. The van der Waals surface area contributed by atoms with Crippen molar-refractivity contribution in [3.05, 3.63) is 99.6 Å². The van der Waals surface area contributed by atoms with Crippen molar-refractivity contribution < 1.29 is 14.5 Å². The number of unbranched alkanes of at least 4 members (excludes halogenated alkanes) is 3. The van der Waals surface area contributed by atoms with E-state index in [-0.39, 0.29) is 5.69 Å². The Morgan fingerprint density at radius 3 is 2.25 bits per heavy atom. The number of aliphatic imine (C=N–C) groups is 1. The average molecular weight is 431 g/mol. The lowest BCUT2D eigenvalue weighted by molar-refractivity contribution is -0.384. The molecule has 6 nitrogen and oxygen atoms in total. The highest BCUT2D eigenvalue weighted by Gasteiger charge is 2.09. The number of hydrogen-bond acceptors (Lipinski definition) is 5. The second-order valence-electron chi connectivity index (χ2n) is 7.50. The number of nitrogens with zero attached hydrogens (tertiary/aromatic N) is 2. The molecule has 164 valence electrons. The fourth-order valence-corrected chi connectivity index (χ4v) is 3.16. The number of aryl methyl sites for hydroxylation is 1. The van der Waals surface area contributed by atoms with Crippen LogP contribution >= 0.6 is 0 Å². The van der Waals surface area contributed by atoms with Crippen LogP contribution in [0.4, 0.5) is 11.4 Å². The topological polar surface area (TPSA) is 81.8 Å². The van der Waals surface area contributed by atoms with Gasteiger partial charge in [0.1, 0.15) is 5.75 Å². The second-order valence-corrected chi connectivity index (χ2v) is 7.50. The molecule has 0 aromatic heterocycles. The van der Waals surface area contributed by atoms with Crippen molar-refractivity contribution in [2.24, 2.45) is 4.99 Å². The lowest BCUT2D eigenvalue weighted by Gasteiger charge is -2.06. The lowest BCUT2D eigenvalue weighted by atomic mass is 10.0. The van der Waals surface area contributed by atoms with Crippen LogP contribution in [0.2, 0.25) is 0 Å². The molecule has 0 saturated carbocycles. The van der Waals surface area contributed by atoms with Crippen LogP contribution in [-0.4, -0.2) is 17.1 Å². The summed E-state index contributed by atoms with van der Waals surface area (Å²) in [7, 11) is 0. The van der Waals surface area contributed by atoms with Crippen LogP contribution < -0.4 is 4.74 Å². The summed E-state index contributed by atoms with van der Waals surface area (Å²) in [6, 6.07) is 20.6. The van der Waals surface area contributed by atoms with Crippen LogP contribution in [0, 0.1) is 10.1 Å². The number of rotatable bonds is 10. The Balaban J connectivity index is 1.53. The van der Waals surface area contributed by atoms with Gasteiger partial charge in [-0.25, -0.2) is 4.79 Å². The molecule has 0 atom stereocenters. The van der Waals surface area contributed by atoms with Crippen LogP contribution in [-0.2, 0) is 6.42 Å². The fourth-order valence-electron chi connectivity index (χ4n) is 3.16. The van der Waals surface area contributed by atoms with Gasteiger partial charge in [0.15, 0.2) is 0 Å². The zero-order chi connectivity index (χ0) is 22.8. The molecule has 0 amide bonds. The highest BCUT2D eigenvalue weighted by Crippen LogP contribution is 2.19. The number of carbonyl (C=O) groups excluding carboxylic acids is 1. The molecule has 0 aliphatic rings. The van der Waals surface area contributed by atoms with Gasteiger partial charge < -0.3 is 4.74 Å². The van der Waals surface area contributed by atoms with Crippen molar-refractivity contribution in [2.45, 2.75) is 39.0 Å². The van der Waals surface area contributed by atoms with Gasteiger partial charge in [0, 0.05) is 18.3 Å². The van der Waals surface area contributed by atoms with Crippen LogP contribution in [0.3, 0.4) is 0 Å². The van der Waals surface area contributed by atoms with E-state index in [1.54, 1.807) is 42.6 Å². The van der Waals surface area contributed by atoms with Gasteiger partial charge in [0.25, 0.3) is 5.69 Å². The molecule has 0 spiro atoms. The summed E-state index contributed by atoms with van der Waals surface area (Å²) in [4.78, 5) is 26.9. The maximum atomic E-state index is 12.4. The number of carbonyl (C=O) groups is 1. The van der Waals surface area contributed by atoms with Gasteiger partial charge in [-0.3, -0.25) is 15.1 Å². The zero-order valence-electron chi connectivity index (χ0n) is 18.1. The standard InChI is InChI=1S/C26H26N2O4/c1-2-3-4-5-6-20-7-11-22(12-8-20)26(29)32-25-17-9-21(10-18-25)19-27-23-13-15-24(16-14-23)28(30)31/h7-19H,2-6H2,1H3/b27-19+. The summed E-state index contributed by atoms with van der Waals surface area (Å²) in [6.07, 6.45) is 7.54. The summed E-state index contributed by atoms with van der Waals surface area (Å²) in [6.45, 7) is 2.20. The smallest absolute Gasteiger partial charge is 0.343 e. The number of benzene rings is 3. The minimum atomic E-state index is -0.448. The first-order valence-corrected chi connectivity index (χ1v) is 10.7. The van der Waals surface area contributed by atoms with Crippen LogP contribution in [0.15, 0.2) is 77.8 Å². The Labute approximate surface area is 187 Å². The van der Waals surface area contributed by atoms with Crippen molar-refractivity contribution in [1.82, 2.24) is 0 Å². The second kappa shape index (κ2) is 11.6. The molecule has 32 heavy (non-hydrogen) atoms. The van der Waals surface area contributed by atoms with Gasteiger partial charge in [-0.05, 0) is 72.5 Å². The Morgan fingerprint density at radius 2 is 1.62 bits per heavy atom. The lowest BCUT2D eigenvalue weighted by Crippen LogP contribution is -2.08. The molecule has 0 saturated heterocycles. The molecular formula is C26H26N2O4. The quantitative estimate of drug-likeness (QED) is 0.0896. The van der Waals surface area contributed by atoms with Crippen LogP contribution in [0.5, 0.6) is 5.75 Å². The number of nitro groups is 1. The van der Waals surface area contributed by atoms with Crippen molar-refractivity contribution >= 4 is 23.6 Å². The summed E-state index contributed by atoms with van der Waals surface area (Å²) in [5, 5.41) is 10.7. The van der Waals surface area contributed by atoms with E-state index in [9.17, 15) is 14.9 Å². The van der Waals surface area contributed by atoms with Crippen molar-refractivity contribution in [2.75, 3.05) is 0 Å². The predicted octanol–water partition coefficient (Wildman–Crippen LogP) is 6.69. The molecule has 3 aromatic carbocycles. The molecular weight excluding hydrogens is 404 g/mol. The molecule has 3 aromatic rings. The Kier molecular flexibility index (Phi) is 8.26. The molecule has 0 unspecified atom stereocenters. The number of nitro benzene ring substituents is 1. The minimum absolute atomic E-state index is 0.0248. The normalized spacial score (nSPS) is 10.9. The SMILES string of the molecule is CCCCCCc1ccc(C(=O)Oc2ccc(/C=N/c3ccc([N+](=O)[O-])cc3)cc2)cc1. The Morgan fingerprint density at radius 1 is 0.938 bits per heavy atom. The maximum absolute atomic E-state index is 12.4. The van der Waals surface area contributed by atoms with Crippen molar-refractivity contribution in [3.8, 4) is 5.75 Å². The van der Waals surface area contributed by atoms with E-state index in [1.807, 2.05) is 24.3 Å². The molecule has 0 N–H and O–H groups in total. The van der Waals surface area contributed by atoms with E-state index in [2.05, 4.69) is 11.9 Å². The summed E-state index contributed by atoms with van der Waals surface area (Å²) in [5.41, 5.74) is 3.20. The van der Waals surface area contributed by atoms with E-state index in [0.717, 1.165) is 18.4 Å². The molecule has 0 aliphatic carbocycles. The molecule has 6 heteroatoms. The van der Waals surface area contributed by atoms with Gasteiger partial charge in [0.05, 0.1) is 16.2 Å². The highest BCUT2D eigenvalue weighted by atomic mass is 16.6. The van der Waals surface area contributed by atoms with Gasteiger partial charge in [-0.15, -0.1) is 0 Å². The third-order valence-corrected chi connectivity index (χ3v) is 5.02. The molecule has 0 heterocycles. The fraction of sp³-hybridized carbons (Fsp3) is 0.231. The van der Waals surface area contributed by atoms with Crippen LogP contribution in [0.25, 0.3) is 0 Å². The van der Waals surface area contributed by atoms with Crippen LogP contribution in [0.1, 0.15) is 54.1 Å². The van der Waals surface area contributed by atoms with E-state index >= 15 is 0 Å². The van der Waals surface area contributed by atoms with E-state index in [4.69, 9.17) is 4.74 Å². The number of esters is 1. The molecule has 0 fully saturated rings. The molecule has 0 radical (unpaired) electrons. The molecule has 3 rings (SSSR count). The Bertz CT molecular complexity index is 1060. The van der Waals surface area contributed by atoms with Gasteiger partial charge in [0.2, 0.25) is 0 Å². The van der Waals surface area contributed by atoms with Gasteiger partial charge >= 0.3 is 5.97 Å². The van der Waals surface area contributed by atoms with Crippen molar-refractivity contribution in [1.29, 1.82) is 0 Å². The largest absolute Gasteiger partial charge is 0.423 e. The first-order chi connectivity index (χ1) is 15.5. The number of ether oxygens (including phenoxy) is 1. The van der Waals surface area contributed by atoms with E-state index in [1.165, 1.54) is 37.0 Å². The third-order valence-electron chi connectivity index (χ3n) is 5.02. The van der Waals surface area contributed by atoms with Gasteiger partial charge in [-0.2, -0.15) is 0 Å². The first kappa shape index (κ1) is 22.9. The minimum Gasteiger partial charge on any atom is -0.423 e. The molecule has 0 aliphatic heterocycles. The summed E-state index contributed by atoms with van der Waals surface area (Å²) < 4.78 is 5.46. The molecule has 0 bridgehead atoms. The predicted molar refractivity (Wildman–Crippen MR) is 126 cm³/mol. The van der Waals surface area contributed by atoms with Gasteiger partial charge in [-0.1, -0.05) is 38.3 Å². The number of non-ortho nitro benzene ring substituents is 1. The Hall–Kier alpha value is -3.80. The average Bonchev–Trinajstić information content (AvgIpc) is 2.82. The monoisotopic (exact) mass is 430 g/mol. The first-order valence-electron chi connectivity index (χ1n) is 10.7. The zero-order valence-corrected chi connectivity index (χ0v) is 18.1. The van der Waals surface area contributed by atoms with E-state index in [0.29, 0.717) is 17.0 Å².